The van der Waals surface area contributed by atoms with Crippen LogP contribution in [0.25, 0.3) is 4.85 Å². The number of benzene rings is 6. The van der Waals surface area contributed by atoms with E-state index in [1.165, 1.54) is 0 Å². The summed E-state index contributed by atoms with van der Waals surface area (Å²) in [6.45, 7) is 6.00. The van der Waals surface area contributed by atoms with Gasteiger partial charge in [0.05, 0.1) is 49.7 Å². The Bertz CT molecular complexity index is 2220. The largest absolute Gasteiger partial charge is 0.467 e. The molecule has 0 atom stereocenters. The van der Waals surface area contributed by atoms with E-state index in [1.54, 1.807) is 127 Å². The number of ether oxygens (including phenoxy) is 3. The smallest absolute Gasteiger partial charge is 0.457 e. The maximum absolute atomic E-state index is 10.5. The van der Waals surface area contributed by atoms with Crippen LogP contribution in [-0.2, 0) is 33.5 Å². The van der Waals surface area contributed by atoms with Crippen molar-refractivity contribution in [2.45, 2.75) is 19.8 Å². The molecule has 1 aliphatic rings. The Labute approximate surface area is 329 Å². The first-order valence-corrected chi connectivity index (χ1v) is 17.6. The van der Waals surface area contributed by atoms with Gasteiger partial charge in [-0.1, -0.05) is 30.3 Å². The molecule has 3 N–H and O–H groups in total. The van der Waals surface area contributed by atoms with Crippen LogP contribution >= 0.6 is 0 Å². The molecule has 12 nitrogen and oxygen atoms in total. The average Bonchev–Trinajstić information content (AvgIpc) is 3.26. The molecule has 0 radical (unpaired) electrons. The molecule has 0 amide bonds. The molecule has 57 heavy (non-hydrogen) atoms. The molecule has 0 bridgehead atoms. The minimum Gasteiger partial charge on any atom is -0.457 e. The van der Waals surface area contributed by atoms with E-state index in [4.69, 9.17) is 45.0 Å². The highest BCUT2D eigenvalue weighted by molar-refractivity contribution is 6.87. The summed E-state index contributed by atoms with van der Waals surface area (Å²) in [5.74, 6) is 2.78. The van der Waals surface area contributed by atoms with Crippen LogP contribution in [0.15, 0.2) is 127 Å². The van der Waals surface area contributed by atoms with E-state index in [0.717, 1.165) is 0 Å². The molecule has 1 saturated heterocycles. The van der Waals surface area contributed by atoms with Gasteiger partial charge in [0.1, 0.15) is 34.5 Å². The first-order chi connectivity index (χ1) is 27.9. The summed E-state index contributed by atoms with van der Waals surface area (Å²) in [6, 6.07) is 39.2. The third-order valence-corrected chi connectivity index (χ3v) is 9.00. The summed E-state index contributed by atoms with van der Waals surface area (Å²) in [7, 11) is -3.36. The molecule has 6 aromatic rings. The second kappa shape index (κ2) is 17.7. The summed E-state index contributed by atoms with van der Waals surface area (Å²) in [5.41, 5.74) is 4.20. The lowest BCUT2D eigenvalue weighted by atomic mass is 9.59. The molecule has 6 aromatic carbocycles. The van der Waals surface area contributed by atoms with Crippen molar-refractivity contribution in [3.63, 3.8) is 0 Å². The monoisotopic (exact) mass is 753 g/mol. The van der Waals surface area contributed by atoms with Crippen molar-refractivity contribution < 1.29 is 43.2 Å². The van der Waals surface area contributed by atoms with Gasteiger partial charge in [-0.15, -0.1) is 0 Å². The normalized spacial score (nSPS) is 12.3. The molecular weight excluding hydrogens is 723 g/mol. The van der Waals surface area contributed by atoms with Gasteiger partial charge in [-0.3, -0.25) is 0 Å². The molecule has 0 saturated carbocycles. The van der Waals surface area contributed by atoms with Gasteiger partial charge >= 0.3 is 21.4 Å². The first-order valence-electron chi connectivity index (χ1n) is 17.6. The topological polar surface area (TPSA) is 168 Å². The standard InChI is InChI=1S/C42H30B3N3O9/c1-48-33-6-12-36(13-7-33)54-39-16-19-42(32(22-39)27-51)45-56-43(40-17-14-37(20-30(40)25-49)52-34-8-2-28(23-46)3-9-34)55-44(57-45)41-18-15-38(21-31(41)26-50)53-35-10-4-29(24-47)5-11-35/h2-22,49-51H,25-27H2. The minimum absolute atomic E-state index is 0.394. The van der Waals surface area contributed by atoms with Crippen LogP contribution in [-0.4, -0.2) is 36.7 Å². The molecule has 0 aliphatic carbocycles. The van der Waals surface area contributed by atoms with Crippen LogP contribution in [0.5, 0.6) is 34.5 Å². The van der Waals surface area contributed by atoms with Crippen molar-refractivity contribution in [1.29, 1.82) is 10.5 Å². The van der Waals surface area contributed by atoms with Crippen LogP contribution in [0.4, 0.5) is 5.69 Å². The van der Waals surface area contributed by atoms with Crippen LogP contribution in [0.1, 0.15) is 27.8 Å². The quantitative estimate of drug-likeness (QED) is 0.108. The van der Waals surface area contributed by atoms with E-state index in [2.05, 4.69) is 17.0 Å². The molecule has 7 rings (SSSR count). The number of aliphatic hydroxyl groups is 3. The maximum atomic E-state index is 10.5. The molecule has 1 aliphatic heterocycles. The Morgan fingerprint density at radius 2 is 0.772 bits per heavy atom. The lowest BCUT2D eigenvalue weighted by Crippen LogP contribution is -2.62. The Balaban J connectivity index is 1.21. The van der Waals surface area contributed by atoms with Crippen molar-refractivity contribution >= 4 is 43.4 Å². The number of hydrogen-bond donors (Lipinski definition) is 3. The summed E-state index contributed by atoms with van der Waals surface area (Å²) in [4.78, 5) is 3.41. The fourth-order valence-electron chi connectivity index (χ4n) is 6.10. The van der Waals surface area contributed by atoms with E-state index < -0.39 is 41.2 Å². The summed E-state index contributed by atoms with van der Waals surface area (Å²) in [6.07, 6.45) is 0. The average molecular weight is 753 g/mol. The molecular formula is C42H30B3N3O9. The molecule has 1 fully saturated rings. The molecule has 1 heterocycles. The van der Waals surface area contributed by atoms with Gasteiger partial charge in [-0.25, -0.2) is 4.85 Å². The Kier molecular flexibility index (Phi) is 12.0. The number of nitriles is 2. The summed E-state index contributed by atoms with van der Waals surface area (Å²) < 4.78 is 37.3. The van der Waals surface area contributed by atoms with Crippen molar-refractivity contribution in [3.05, 3.63) is 167 Å². The van der Waals surface area contributed by atoms with E-state index in [0.29, 0.717) is 84.4 Å². The third-order valence-electron chi connectivity index (χ3n) is 9.00. The first kappa shape index (κ1) is 38.4. The van der Waals surface area contributed by atoms with Crippen molar-refractivity contribution in [1.82, 2.24) is 0 Å². The Morgan fingerprint density at radius 1 is 0.474 bits per heavy atom. The molecule has 0 aromatic heterocycles. The van der Waals surface area contributed by atoms with Gasteiger partial charge in [0.25, 0.3) is 0 Å². The van der Waals surface area contributed by atoms with Gasteiger partial charge in [0.15, 0.2) is 5.69 Å². The summed E-state index contributed by atoms with van der Waals surface area (Å²) >= 11 is 0. The van der Waals surface area contributed by atoms with Crippen LogP contribution in [0.3, 0.4) is 0 Å². The maximum Gasteiger partial charge on any atom is 0.467 e. The Hall–Kier alpha value is -6.86. The van der Waals surface area contributed by atoms with Crippen LogP contribution in [0.2, 0.25) is 0 Å². The summed E-state index contributed by atoms with van der Waals surface area (Å²) in [5, 5.41) is 49.9. The number of aliphatic hydroxyl groups excluding tert-OH is 3. The number of rotatable bonds is 12. The Morgan fingerprint density at radius 3 is 1.05 bits per heavy atom. The third kappa shape index (κ3) is 9.00. The second-order valence-corrected chi connectivity index (χ2v) is 12.6. The molecule has 0 unspecified atom stereocenters. The highest BCUT2D eigenvalue weighted by Gasteiger charge is 2.45. The van der Waals surface area contributed by atoms with Gasteiger partial charge in [-0.2, -0.15) is 10.5 Å². The van der Waals surface area contributed by atoms with Gasteiger partial charge in [0, 0.05) is 0 Å². The van der Waals surface area contributed by atoms with Crippen LogP contribution < -0.4 is 30.6 Å². The van der Waals surface area contributed by atoms with Gasteiger partial charge < -0.3 is 43.2 Å². The predicted octanol–water partition coefficient (Wildman–Crippen LogP) is 5.38. The lowest BCUT2D eigenvalue weighted by Gasteiger charge is -2.33. The minimum atomic E-state index is -1.12. The fourth-order valence-corrected chi connectivity index (χ4v) is 6.10. The van der Waals surface area contributed by atoms with E-state index in [9.17, 15) is 15.3 Å². The highest BCUT2D eigenvalue weighted by atomic mass is 16.7. The highest BCUT2D eigenvalue weighted by Crippen LogP contribution is 2.28. The zero-order valence-corrected chi connectivity index (χ0v) is 30.1. The molecule has 15 heteroatoms. The number of nitrogens with zero attached hydrogens (tertiary/aromatic N) is 3. The van der Waals surface area contributed by atoms with Gasteiger partial charge in [-0.05, 0) is 130 Å². The fraction of sp³-hybridized carbons (Fsp3) is 0.0714. The molecule has 276 valence electrons. The van der Waals surface area contributed by atoms with E-state index in [-0.39, 0.29) is 0 Å². The number of hydrogen-bond acceptors (Lipinski definition) is 11. The van der Waals surface area contributed by atoms with Gasteiger partial charge in [0.2, 0.25) is 0 Å². The van der Waals surface area contributed by atoms with Crippen molar-refractivity contribution in [3.8, 4) is 46.6 Å². The second-order valence-electron chi connectivity index (χ2n) is 12.6. The molecule has 0 spiro atoms. The van der Waals surface area contributed by atoms with E-state index >= 15 is 0 Å². The zero-order valence-electron chi connectivity index (χ0n) is 30.1. The van der Waals surface area contributed by atoms with E-state index in [1.807, 2.05) is 0 Å². The lowest BCUT2D eigenvalue weighted by molar-refractivity contribution is 0.276. The van der Waals surface area contributed by atoms with Crippen molar-refractivity contribution in [2.24, 2.45) is 0 Å². The predicted molar refractivity (Wildman–Crippen MR) is 212 cm³/mol. The SMILES string of the molecule is [C-]#[N+]c1ccc(Oc2ccc(B3OB(c4ccc(Oc5ccc(C#N)cc5)cc4CO)OB(c4ccc(Oc5ccc(C#N)cc5)cc4CO)O3)c(CO)c2)cc1. The van der Waals surface area contributed by atoms with Crippen molar-refractivity contribution in [2.75, 3.05) is 0 Å². The zero-order chi connectivity index (χ0) is 39.7. The van der Waals surface area contributed by atoms with Crippen LogP contribution in [0, 0.1) is 29.2 Å².